The Bertz CT molecular complexity index is 379. The Hall–Kier alpha value is -0.910. The van der Waals surface area contributed by atoms with Crippen LogP contribution in [0.1, 0.15) is 25.3 Å². The van der Waals surface area contributed by atoms with Gasteiger partial charge in [-0.2, -0.15) is 0 Å². The van der Waals surface area contributed by atoms with Crippen molar-refractivity contribution >= 4 is 0 Å². The number of nitrogens with zero attached hydrogens (tertiary/aromatic N) is 4. The first-order valence-corrected chi connectivity index (χ1v) is 6.71. The van der Waals surface area contributed by atoms with E-state index in [1.54, 1.807) is 6.20 Å². The second-order valence-electron chi connectivity index (χ2n) is 5.18. The van der Waals surface area contributed by atoms with Crippen molar-refractivity contribution in [2.45, 2.75) is 32.0 Å². The molecule has 0 saturated carbocycles. The van der Waals surface area contributed by atoms with Gasteiger partial charge < -0.3 is 14.6 Å². The number of aryl methyl sites for hydroxylation is 1. The Kier molecular flexibility index (Phi) is 4.37. The van der Waals surface area contributed by atoms with Crippen LogP contribution in [0, 0.1) is 0 Å². The van der Waals surface area contributed by atoms with Crippen LogP contribution >= 0.6 is 0 Å². The van der Waals surface area contributed by atoms with E-state index < -0.39 is 6.10 Å². The molecule has 1 saturated heterocycles. The van der Waals surface area contributed by atoms with E-state index in [2.05, 4.69) is 35.8 Å². The van der Waals surface area contributed by atoms with E-state index in [1.807, 2.05) is 10.8 Å². The van der Waals surface area contributed by atoms with Crippen LogP contribution in [0.2, 0.25) is 0 Å². The molecule has 2 heterocycles. The van der Waals surface area contributed by atoms with Crippen molar-refractivity contribution in [2.24, 2.45) is 0 Å². The highest BCUT2D eigenvalue weighted by Crippen LogP contribution is 2.21. The summed E-state index contributed by atoms with van der Waals surface area (Å²) in [5, 5.41) is 10.6. The molecule has 18 heavy (non-hydrogen) atoms. The van der Waals surface area contributed by atoms with Gasteiger partial charge in [0.15, 0.2) is 0 Å². The summed E-state index contributed by atoms with van der Waals surface area (Å²) >= 11 is 0. The predicted octanol–water partition coefficient (Wildman–Crippen LogP) is 0.572. The molecule has 1 aromatic heterocycles. The third-order valence-corrected chi connectivity index (χ3v) is 3.83. The first kappa shape index (κ1) is 13.5. The summed E-state index contributed by atoms with van der Waals surface area (Å²) in [6.07, 6.45) is 4.32. The molecule has 2 atom stereocenters. The smallest absolute Gasteiger partial charge is 0.139 e. The molecule has 0 bridgehead atoms. The molecule has 102 valence electrons. The summed E-state index contributed by atoms with van der Waals surface area (Å²) in [7, 11) is 4.21. The van der Waals surface area contributed by atoms with Crippen LogP contribution in [0.15, 0.2) is 12.4 Å². The fourth-order valence-corrected chi connectivity index (χ4v) is 2.67. The van der Waals surface area contributed by atoms with E-state index >= 15 is 0 Å². The lowest BCUT2D eigenvalue weighted by Gasteiger charge is -2.31. The van der Waals surface area contributed by atoms with Gasteiger partial charge in [0.25, 0.3) is 0 Å². The molecule has 1 aliphatic rings. The van der Waals surface area contributed by atoms with Crippen molar-refractivity contribution in [3.8, 4) is 0 Å². The van der Waals surface area contributed by atoms with E-state index in [9.17, 15) is 5.11 Å². The Balaban J connectivity index is 2.17. The van der Waals surface area contributed by atoms with Gasteiger partial charge in [-0.3, -0.25) is 4.90 Å². The summed E-state index contributed by atoms with van der Waals surface area (Å²) in [6.45, 7) is 5.92. The molecule has 1 fully saturated rings. The van der Waals surface area contributed by atoms with Gasteiger partial charge >= 0.3 is 0 Å². The maximum Gasteiger partial charge on any atom is 0.139 e. The average Bonchev–Trinajstić information content (AvgIpc) is 2.76. The first-order chi connectivity index (χ1) is 8.63. The van der Waals surface area contributed by atoms with Gasteiger partial charge in [-0.25, -0.2) is 4.98 Å². The topological polar surface area (TPSA) is 44.5 Å². The molecule has 0 aliphatic carbocycles. The van der Waals surface area contributed by atoms with E-state index in [4.69, 9.17) is 0 Å². The largest absolute Gasteiger partial charge is 0.383 e. The van der Waals surface area contributed by atoms with Crippen molar-refractivity contribution in [1.29, 1.82) is 0 Å². The molecule has 1 aromatic rings. The minimum absolute atomic E-state index is 0.116. The lowest BCUT2D eigenvalue weighted by Crippen LogP contribution is -2.42. The second-order valence-corrected chi connectivity index (χ2v) is 5.18. The number of aliphatic hydroxyl groups is 1. The Morgan fingerprint density at radius 3 is 2.94 bits per heavy atom. The molecule has 2 rings (SSSR count). The van der Waals surface area contributed by atoms with Gasteiger partial charge in [-0.15, -0.1) is 0 Å². The van der Waals surface area contributed by atoms with E-state index in [0.29, 0.717) is 0 Å². The lowest BCUT2D eigenvalue weighted by atomic mass is 10.1. The van der Waals surface area contributed by atoms with E-state index in [-0.39, 0.29) is 6.04 Å². The van der Waals surface area contributed by atoms with Crippen LogP contribution in [0.25, 0.3) is 0 Å². The summed E-state index contributed by atoms with van der Waals surface area (Å²) in [5.41, 5.74) is 0. The number of hydrogen-bond acceptors (Lipinski definition) is 4. The minimum atomic E-state index is -0.523. The van der Waals surface area contributed by atoms with Crippen molar-refractivity contribution in [3.05, 3.63) is 18.2 Å². The molecule has 5 heteroatoms. The van der Waals surface area contributed by atoms with Gasteiger partial charge in [0.05, 0.1) is 6.04 Å². The van der Waals surface area contributed by atoms with E-state index in [0.717, 1.165) is 38.4 Å². The highest BCUT2D eigenvalue weighted by molar-refractivity contribution is 5.01. The quantitative estimate of drug-likeness (QED) is 0.854. The van der Waals surface area contributed by atoms with Crippen LogP contribution in [0.4, 0.5) is 0 Å². The van der Waals surface area contributed by atoms with Crippen molar-refractivity contribution in [2.75, 3.05) is 33.7 Å². The molecule has 0 aromatic carbocycles. The third kappa shape index (κ3) is 2.74. The Morgan fingerprint density at radius 2 is 2.22 bits per heavy atom. The molecule has 0 amide bonds. The van der Waals surface area contributed by atoms with Crippen LogP contribution in [0.3, 0.4) is 0 Å². The molecule has 5 nitrogen and oxygen atoms in total. The zero-order valence-electron chi connectivity index (χ0n) is 11.6. The second kappa shape index (κ2) is 5.82. The molecule has 1 N–H and O–H groups in total. The van der Waals surface area contributed by atoms with Crippen molar-refractivity contribution < 1.29 is 5.11 Å². The zero-order chi connectivity index (χ0) is 13.1. The zero-order valence-corrected chi connectivity index (χ0v) is 11.6. The van der Waals surface area contributed by atoms with Gasteiger partial charge in [0.1, 0.15) is 11.9 Å². The average molecular weight is 252 g/mol. The van der Waals surface area contributed by atoms with E-state index in [1.165, 1.54) is 0 Å². The maximum atomic E-state index is 10.6. The summed E-state index contributed by atoms with van der Waals surface area (Å²) in [5.74, 6) is 0.782. The highest BCUT2D eigenvalue weighted by atomic mass is 16.3. The lowest BCUT2D eigenvalue weighted by molar-refractivity contribution is 0.0488. The van der Waals surface area contributed by atoms with Gasteiger partial charge in [-0.1, -0.05) is 0 Å². The fourth-order valence-electron chi connectivity index (χ4n) is 2.67. The maximum absolute atomic E-state index is 10.6. The van der Waals surface area contributed by atoms with Gasteiger partial charge in [-0.05, 0) is 40.5 Å². The number of imidazole rings is 1. The third-order valence-electron chi connectivity index (χ3n) is 3.83. The number of aromatic nitrogens is 2. The van der Waals surface area contributed by atoms with Crippen LogP contribution in [-0.4, -0.2) is 64.2 Å². The summed E-state index contributed by atoms with van der Waals surface area (Å²) in [4.78, 5) is 8.86. The highest BCUT2D eigenvalue weighted by Gasteiger charge is 2.30. The number of likely N-dealkylation sites (N-methyl/N-ethyl adjacent to an activating group) is 2. The molecular weight excluding hydrogens is 228 g/mol. The monoisotopic (exact) mass is 252 g/mol. The normalized spacial score (nSPS) is 25.0. The van der Waals surface area contributed by atoms with Crippen molar-refractivity contribution in [3.63, 3.8) is 0 Å². The number of hydrogen-bond donors (Lipinski definition) is 1. The van der Waals surface area contributed by atoms with Gasteiger partial charge in [0, 0.05) is 25.5 Å². The van der Waals surface area contributed by atoms with Crippen LogP contribution in [-0.2, 0) is 6.54 Å². The standard InChI is InChI=1S/C13H24N4O/c1-4-17-9-6-14-13(17)12(18)11-10-15(2)7-5-8-16(11)3/h6,9,11-12,18H,4-5,7-8,10H2,1-3H3. The van der Waals surface area contributed by atoms with Crippen molar-refractivity contribution in [1.82, 2.24) is 19.4 Å². The first-order valence-electron chi connectivity index (χ1n) is 6.71. The number of rotatable bonds is 3. The van der Waals surface area contributed by atoms with Crippen LogP contribution < -0.4 is 0 Å². The predicted molar refractivity (Wildman–Crippen MR) is 71.4 cm³/mol. The molecule has 1 aliphatic heterocycles. The minimum Gasteiger partial charge on any atom is -0.383 e. The Morgan fingerprint density at radius 1 is 1.44 bits per heavy atom. The summed E-state index contributed by atoms with van der Waals surface area (Å²) in [6, 6.07) is 0.116. The van der Waals surface area contributed by atoms with Crippen LogP contribution in [0.5, 0.6) is 0 Å². The fraction of sp³-hybridized carbons (Fsp3) is 0.769. The molecule has 0 spiro atoms. The molecular formula is C13H24N4O. The van der Waals surface area contributed by atoms with Gasteiger partial charge in [0.2, 0.25) is 0 Å². The molecule has 2 unspecified atom stereocenters. The Labute approximate surface area is 109 Å². The summed E-state index contributed by atoms with van der Waals surface area (Å²) < 4.78 is 2.02. The molecule has 0 radical (unpaired) electrons. The number of aliphatic hydroxyl groups excluding tert-OH is 1. The SMILES string of the molecule is CCn1ccnc1C(O)C1CN(C)CCCN1C.